The van der Waals surface area contributed by atoms with Crippen molar-refractivity contribution < 1.29 is 14.7 Å². The molecular formula is C16H20N2O3. The average Bonchev–Trinajstić information content (AvgIpc) is 2.52. The Balaban J connectivity index is 1.87. The highest BCUT2D eigenvalue weighted by Gasteiger charge is 2.22. The summed E-state index contributed by atoms with van der Waals surface area (Å²) in [6, 6.07) is 5.55. The van der Waals surface area contributed by atoms with Crippen LogP contribution < -0.4 is 0 Å². The van der Waals surface area contributed by atoms with Gasteiger partial charge in [-0.15, -0.1) is 0 Å². The van der Waals surface area contributed by atoms with E-state index in [9.17, 15) is 9.59 Å². The third-order valence-corrected chi connectivity index (χ3v) is 3.68. The van der Waals surface area contributed by atoms with Crippen molar-refractivity contribution >= 4 is 18.0 Å². The van der Waals surface area contributed by atoms with Crippen LogP contribution in [0.15, 0.2) is 30.5 Å². The number of likely N-dealkylation sites (tertiary alicyclic amines) is 1. The van der Waals surface area contributed by atoms with Crippen LogP contribution in [0.3, 0.4) is 0 Å². The number of amides is 1. The Morgan fingerprint density at radius 3 is 3.00 bits per heavy atom. The van der Waals surface area contributed by atoms with Gasteiger partial charge in [-0.1, -0.05) is 6.07 Å². The number of carboxylic acids is 1. The van der Waals surface area contributed by atoms with Crippen LogP contribution in [0.2, 0.25) is 0 Å². The van der Waals surface area contributed by atoms with Gasteiger partial charge in [0.15, 0.2) is 0 Å². The molecule has 0 spiro atoms. The number of hydrogen-bond donors (Lipinski definition) is 1. The van der Waals surface area contributed by atoms with Gasteiger partial charge in [-0.3, -0.25) is 14.6 Å². The number of piperidine rings is 1. The largest absolute Gasteiger partial charge is 0.481 e. The number of hydrogen-bond acceptors (Lipinski definition) is 3. The Labute approximate surface area is 124 Å². The Morgan fingerprint density at radius 1 is 1.43 bits per heavy atom. The average molecular weight is 288 g/mol. The highest BCUT2D eigenvalue weighted by molar-refractivity contribution is 5.91. The van der Waals surface area contributed by atoms with Crippen LogP contribution in [0, 0.1) is 5.92 Å². The van der Waals surface area contributed by atoms with Gasteiger partial charge in [0, 0.05) is 31.8 Å². The monoisotopic (exact) mass is 288 g/mol. The molecular weight excluding hydrogens is 268 g/mol. The van der Waals surface area contributed by atoms with Gasteiger partial charge in [0.1, 0.15) is 0 Å². The maximum absolute atomic E-state index is 12.2. The fourth-order valence-electron chi connectivity index (χ4n) is 2.57. The topological polar surface area (TPSA) is 70.5 Å². The zero-order chi connectivity index (χ0) is 15.1. The van der Waals surface area contributed by atoms with Crippen LogP contribution in [-0.4, -0.2) is 40.0 Å². The number of aliphatic carboxylic acids is 1. The van der Waals surface area contributed by atoms with E-state index in [4.69, 9.17) is 5.11 Å². The van der Waals surface area contributed by atoms with E-state index in [0.717, 1.165) is 25.1 Å². The van der Waals surface area contributed by atoms with E-state index in [1.165, 1.54) is 0 Å². The Kier molecular flexibility index (Phi) is 5.49. The molecule has 112 valence electrons. The zero-order valence-corrected chi connectivity index (χ0v) is 11.9. The van der Waals surface area contributed by atoms with Crippen LogP contribution in [0.4, 0.5) is 0 Å². The van der Waals surface area contributed by atoms with Crippen molar-refractivity contribution in [3.05, 3.63) is 36.2 Å². The SMILES string of the molecule is O=C(O)CCC1CCCN(C(=O)C=Cc2ccccn2)C1. The molecule has 1 N–H and O–H groups in total. The van der Waals surface area contributed by atoms with E-state index in [1.807, 2.05) is 18.2 Å². The lowest BCUT2D eigenvalue weighted by Gasteiger charge is -2.31. The van der Waals surface area contributed by atoms with Crippen molar-refractivity contribution in [1.29, 1.82) is 0 Å². The smallest absolute Gasteiger partial charge is 0.303 e. The predicted molar refractivity (Wildman–Crippen MR) is 79.4 cm³/mol. The summed E-state index contributed by atoms with van der Waals surface area (Å²) in [5.74, 6) is -0.503. The second kappa shape index (κ2) is 7.57. The van der Waals surface area contributed by atoms with Crippen molar-refractivity contribution in [2.24, 2.45) is 5.92 Å². The lowest BCUT2D eigenvalue weighted by atomic mass is 9.93. The molecule has 5 nitrogen and oxygen atoms in total. The number of aromatic nitrogens is 1. The molecule has 1 aliphatic heterocycles. The molecule has 1 fully saturated rings. The number of pyridine rings is 1. The van der Waals surface area contributed by atoms with Gasteiger partial charge >= 0.3 is 5.97 Å². The maximum Gasteiger partial charge on any atom is 0.303 e. The van der Waals surface area contributed by atoms with Crippen molar-refractivity contribution in [2.45, 2.75) is 25.7 Å². The first-order valence-electron chi connectivity index (χ1n) is 7.25. The van der Waals surface area contributed by atoms with Crippen LogP contribution in [-0.2, 0) is 9.59 Å². The van der Waals surface area contributed by atoms with Crippen LogP contribution in [0.25, 0.3) is 6.08 Å². The molecule has 5 heteroatoms. The van der Waals surface area contributed by atoms with E-state index in [2.05, 4.69) is 4.98 Å². The van der Waals surface area contributed by atoms with Gasteiger partial charge in [0.05, 0.1) is 5.69 Å². The lowest BCUT2D eigenvalue weighted by Crippen LogP contribution is -2.39. The van der Waals surface area contributed by atoms with E-state index in [-0.39, 0.29) is 12.3 Å². The summed E-state index contributed by atoms with van der Waals surface area (Å²) in [5.41, 5.74) is 0.755. The van der Waals surface area contributed by atoms with Crippen molar-refractivity contribution in [2.75, 3.05) is 13.1 Å². The van der Waals surface area contributed by atoms with Gasteiger partial charge in [0.2, 0.25) is 5.91 Å². The number of carboxylic acid groups (broad SMARTS) is 1. The van der Waals surface area contributed by atoms with Gasteiger partial charge in [-0.25, -0.2) is 0 Å². The third-order valence-electron chi connectivity index (χ3n) is 3.68. The lowest BCUT2D eigenvalue weighted by molar-refractivity contribution is -0.137. The molecule has 1 aliphatic rings. The number of nitrogens with zero attached hydrogens (tertiary/aromatic N) is 2. The first-order chi connectivity index (χ1) is 10.1. The fourth-order valence-corrected chi connectivity index (χ4v) is 2.57. The minimum Gasteiger partial charge on any atom is -0.481 e. The summed E-state index contributed by atoms with van der Waals surface area (Å²) in [7, 11) is 0. The highest BCUT2D eigenvalue weighted by atomic mass is 16.4. The second-order valence-corrected chi connectivity index (χ2v) is 5.31. The van der Waals surface area contributed by atoms with Gasteiger partial charge < -0.3 is 10.0 Å². The number of carbonyl (C=O) groups excluding carboxylic acids is 1. The van der Waals surface area contributed by atoms with E-state index in [1.54, 1.807) is 23.2 Å². The zero-order valence-electron chi connectivity index (χ0n) is 11.9. The molecule has 1 aromatic rings. The summed E-state index contributed by atoms with van der Waals surface area (Å²) < 4.78 is 0. The van der Waals surface area contributed by atoms with Gasteiger partial charge in [0.25, 0.3) is 0 Å². The first kappa shape index (κ1) is 15.2. The summed E-state index contributed by atoms with van der Waals surface area (Å²) in [5, 5.41) is 8.73. The molecule has 1 saturated heterocycles. The summed E-state index contributed by atoms with van der Waals surface area (Å²) in [6.45, 7) is 1.40. The van der Waals surface area contributed by atoms with E-state index in [0.29, 0.717) is 18.9 Å². The summed E-state index contributed by atoms with van der Waals surface area (Å²) in [6.07, 6.45) is 7.70. The second-order valence-electron chi connectivity index (χ2n) is 5.31. The van der Waals surface area contributed by atoms with Crippen LogP contribution in [0.1, 0.15) is 31.4 Å². The standard InChI is InChI=1S/C16H20N2O3/c19-15(8-7-14-5-1-2-10-17-14)18-11-3-4-13(12-18)6-9-16(20)21/h1-2,5,7-8,10,13H,3-4,6,9,11-12H2,(H,20,21). The van der Waals surface area contributed by atoms with Gasteiger partial charge in [-0.2, -0.15) is 0 Å². The van der Waals surface area contributed by atoms with Crippen molar-refractivity contribution in [3.8, 4) is 0 Å². The van der Waals surface area contributed by atoms with Crippen LogP contribution in [0.5, 0.6) is 0 Å². The molecule has 0 saturated carbocycles. The van der Waals surface area contributed by atoms with Crippen molar-refractivity contribution in [3.63, 3.8) is 0 Å². The molecule has 1 unspecified atom stereocenters. The summed E-state index contributed by atoms with van der Waals surface area (Å²) in [4.78, 5) is 28.7. The number of carbonyl (C=O) groups is 2. The molecule has 0 aromatic carbocycles. The highest BCUT2D eigenvalue weighted by Crippen LogP contribution is 2.21. The predicted octanol–water partition coefficient (Wildman–Crippen LogP) is 2.20. The quantitative estimate of drug-likeness (QED) is 0.843. The van der Waals surface area contributed by atoms with Crippen LogP contribution >= 0.6 is 0 Å². The Morgan fingerprint density at radius 2 is 2.29 bits per heavy atom. The molecule has 2 rings (SSSR count). The Bertz CT molecular complexity index is 514. The normalized spacial score (nSPS) is 18.9. The molecule has 0 bridgehead atoms. The molecule has 1 amide bonds. The fraction of sp³-hybridized carbons (Fsp3) is 0.438. The molecule has 0 radical (unpaired) electrons. The molecule has 1 aromatic heterocycles. The minimum absolute atomic E-state index is 0.0271. The van der Waals surface area contributed by atoms with E-state index >= 15 is 0 Å². The minimum atomic E-state index is -0.770. The molecule has 1 atom stereocenters. The van der Waals surface area contributed by atoms with Gasteiger partial charge in [-0.05, 0) is 43.4 Å². The first-order valence-corrected chi connectivity index (χ1v) is 7.25. The van der Waals surface area contributed by atoms with E-state index < -0.39 is 5.97 Å². The Hall–Kier alpha value is -2.17. The molecule has 21 heavy (non-hydrogen) atoms. The summed E-state index contributed by atoms with van der Waals surface area (Å²) >= 11 is 0. The third kappa shape index (κ3) is 5.02. The molecule has 2 heterocycles. The maximum atomic E-state index is 12.2. The van der Waals surface area contributed by atoms with Crippen molar-refractivity contribution in [1.82, 2.24) is 9.88 Å². The molecule has 0 aliphatic carbocycles. The number of rotatable bonds is 5.